The Balaban J connectivity index is 1.19. The van der Waals surface area contributed by atoms with Crippen molar-refractivity contribution in [2.75, 3.05) is 5.75 Å². The highest BCUT2D eigenvalue weighted by Gasteiger charge is 2.30. The Morgan fingerprint density at radius 3 is 2.76 bits per heavy atom. The standard InChI is InChI=1S/C21H20N6OS/c1-2-7-17(8-3-1)27-20(15-10-11-15)24-21(25-27)29-13-5-9-18-23-19(26-28-18)16-6-4-12-22-14-16/h1-4,6-8,12,14-15H,5,9-11,13H2. The number of rotatable bonds is 8. The minimum atomic E-state index is 0.543. The molecular formula is C21H20N6OS. The van der Waals surface area contributed by atoms with E-state index in [1.807, 2.05) is 35.0 Å². The van der Waals surface area contributed by atoms with Gasteiger partial charge < -0.3 is 4.52 Å². The number of hydrogen-bond acceptors (Lipinski definition) is 7. The monoisotopic (exact) mass is 404 g/mol. The molecule has 3 aromatic heterocycles. The molecule has 29 heavy (non-hydrogen) atoms. The second-order valence-corrected chi connectivity index (χ2v) is 8.04. The van der Waals surface area contributed by atoms with Crippen LogP contribution < -0.4 is 0 Å². The van der Waals surface area contributed by atoms with Crippen molar-refractivity contribution in [1.29, 1.82) is 0 Å². The minimum absolute atomic E-state index is 0.543. The van der Waals surface area contributed by atoms with E-state index < -0.39 is 0 Å². The summed E-state index contributed by atoms with van der Waals surface area (Å²) in [7, 11) is 0. The van der Waals surface area contributed by atoms with Crippen LogP contribution in [0.15, 0.2) is 64.5 Å². The number of thioether (sulfide) groups is 1. The van der Waals surface area contributed by atoms with Gasteiger partial charge in [0.2, 0.25) is 16.9 Å². The maximum atomic E-state index is 5.36. The molecule has 0 saturated heterocycles. The summed E-state index contributed by atoms with van der Waals surface area (Å²) in [6.07, 6.45) is 7.51. The normalized spacial score (nSPS) is 13.7. The molecule has 0 bridgehead atoms. The van der Waals surface area contributed by atoms with Crippen LogP contribution in [-0.2, 0) is 6.42 Å². The van der Waals surface area contributed by atoms with Crippen molar-refractivity contribution in [3.63, 3.8) is 0 Å². The molecule has 146 valence electrons. The molecule has 0 aliphatic heterocycles. The Labute approximate surface area is 172 Å². The first-order valence-corrected chi connectivity index (χ1v) is 10.7. The van der Waals surface area contributed by atoms with E-state index in [0.717, 1.165) is 40.8 Å². The van der Waals surface area contributed by atoms with E-state index in [4.69, 9.17) is 14.6 Å². The number of para-hydroxylation sites is 1. The fraction of sp³-hybridized carbons (Fsp3) is 0.286. The van der Waals surface area contributed by atoms with Gasteiger partial charge in [-0.3, -0.25) is 4.98 Å². The van der Waals surface area contributed by atoms with Crippen LogP contribution in [0.1, 0.15) is 36.9 Å². The summed E-state index contributed by atoms with van der Waals surface area (Å²) >= 11 is 1.67. The van der Waals surface area contributed by atoms with E-state index >= 15 is 0 Å². The van der Waals surface area contributed by atoms with Gasteiger partial charge in [0, 0.05) is 36.0 Å². The number of benzene rings is 1. The highest BCUT2D eigenvalue weighted by molar-refractivity contribution is 7.99. The van der Waals surface area contributed by atoms with Crippen LogP contribution in [0.5, 0.6) is 0 Å². The van der Waals surface area contributed by atoms with Gasteiger partial charge in [0.25, 0.3) is 0 Å². The van der Waals surface area contributed by atoms with Crippen molar-refractivity contribution in [1.82, 2.24) is 29.9 Å². The molecule has 0 amide bonds. The molecule has 0 N–H and O–H groups in total. The largest absolute Gasteiger partial charge is 0.339 e. The van der Waals surface area contributed by atoms with Crippen molar-refractivity contribution in [2.45, 2.75) is 36.8 Å². The van der Waals surface area contributed by atoms with Crippen LogP contribution in [0.25, 0.3) is 17.1 Å². The van der Waals surface area contributed by atoms with E-state index in [2.05, 4.69) is 27.3 Å². The molecule has 1 aliphatic rings. The van der Waals surface area contributed by atoms with E-state index in [0.29, 0.717) is 17.6 Å². The second kappa shape index (κ2) is 8.16. The SMILES string of the molecule is c1ccc(-n2nc(SCCCc3nc(-c4cccnc4)no3)nc2C2CC2)cc1. The summed E-state index contributed by atoms with van der Waals surface area (Å²) in [5.74, 6) is 3.75. The van der Waals surface area contributed by atoms with Gasteiger partial charge in [-0.2, -0.15) is 4.98 Å². The molecular weight excluding hydrogens is 384 g/mol. The van der Waals surface area contributed by atoms with Crippen LogP contribution in [-0.4, -0.2) is 35.6 Å². The lowest BCUT2D eigenvalue weighted by molar-refractivity contribution is 0.378. The van der Waals surface area contributed by atoms with Crippen molar-refractivity contribution in [3.05, 3.63) is 66.6 Å². The zero-order valence-electron chi connectivity index (χ0n) is 15.8. The summed E-state index contributed by atoms with van der Waals surface area (Å²) < 4.78 is 7.36. The molecule has 1 saturated carbocycles. The highest BCUT2D eigenvalue weighted by Crippen LogP contribution is 2.40. The molecule has 3 heterocycles. The Morgan fingerprint density at radius 1 is 1.07 bits per heavy atom. The fourth-order valence-electron chi connectivity index (χ4n) is 3.09. The Kier molecular flexibility index (Phi) is 5.08. The summed E-state index contributed by atoms with van der Waals surface area (Å²) in [5, 5.41) is 9.61. The first kappa shape index (κ1) is 18.1. The topological polar surface area (TPSA) is 82.5 Å². The number of aryl methyl sites for hydroxylation is 1. The second-order valence-electron chi connectivity index (χ2n) is 6.98. The van der Waals surface area contributed by atoms with Crippen LogP contribution in [0.2, 0.25) is 0 Å². The molecule has 1 aliphatic carbocycles. The lowest BCUT2D eigenvalue weighted by Gasteiger charge is -2.03. The van der Waals surface area contributed by atoms with Gasteiger partial charge in [0.15, 0.2) is 0 Å². The van der Waals surface area contributed by atoms with Gasteiger partial charge in [-0.1, -0.05) is 35.1 Å². The molecule has 0 atom stereocenters. The lowest BCUT2D eigenvalue weighted by Crippen LogP contribution is -2.01. The molecule has 0 radical (unpaired) electrons. The predicted octanol–water partition coefficient (Wildman–Crippen LogP) is 4.31. The third-order valence-corrected chi connectivity index (χ3v) is 5.63. The average molecular weight is 404 g/mol. The highest BCUT2D eigenvalue weighted by atomic mass is 32.2. The van der Waals surface area contributed by atoms with Gasteiger partial charge in [-0.15, -0.1) is 5.10 Å². The van der Waals surface area contributed by atoms with Gasteiger partial charge in [0.05, 0.1) is 5.69 Å². The lowest BCUT2D eigenvalue weighted by atomic mass is 10.3. The van der Waals surface area contributed by atoms with Crippen molar-refractivity contribution in [2.24, 2.45) is 0 Å². The number of pyridine rings is 1. The summed E-state index contributed by atoms with van der Waals surface area (Å²) in [6, 6.07) is 14.0. The zero-order valence-corrected chi connectivity index (χ0v) is 16.6. The number of nitrogens with zero attached hydrogens (tertiary/aromatic N) is 6. The molecule has 0 unspecified atom stereocenters. The third-order valence-electron chi connectivity index (χ3n) is 4.71. The van der Waals surface area contributed by atoms with Gasteiger partial charge in [-0.25, -0.2) is 9.67 Å². The number of aromatic nitrogens is 6. The molecule has 7 nitrogen and oxygen atoms in total. The first-order valence-electron chi connectivity index (χ1n) is 9.75. The molecule has 4 aromatic rings. The maximum Gasteiger partial charge on any atom is 0.226 e. The van der Waals surface area contributed by atoms with E-state index in [9.17, 15) is 0 Å². The minimum Gasteiger partial charge on any atom is -0.339 e. The van der Waals surface area contributed by atoms with Gasteiger partial charge in [-0.05, 0) is 43.5 Å². The van der Waals surface area contributed by atoms with Crippen LogP contribution >= 0.6 is 11.8 Å². The van der Waals surface area contributed by atoms with Crippen LogP contribution in [0.3, 0.4) is 0 Å². The third kappa shape index (κ3) is 4.22. The van der Waals surface area contributed by atoms with E-state index in [-0.39, 0.29) is 0 Å². The molecule has 8 heteroatoms. The van der Waals surface area contributed by atoms with Crippen LogP contribution in [0.4, 0.5) is 0 Å². The number of hydrogen-bond donors (Lipinski definition) is 0. The Hall–Kier alpha value is -3.00. The molecule has 1 aromatic carbocycles. The van der Waals surface area contributed by atoms with Gasteiger partial charge >= 0.3 is 0 Å². The van der Waals surface area contributed by atoms with Crippen LogP contribution in [0, 0.1) is 0 Å². The molecule has 0 spiro atoms. The van der Waals surface area contributed by atoms with Gasteiger partial charge in [0.1, 0.15) is 5.82 Å². The van der Waals surface area contributed by atoms with Crippen molar-refractivity contribution >= 4 is 11.8 Å². The Morgan fingerprint density at radius 2 is 1.97 bits per heavy atom. The smallest absolute Gasteiger partial charge is 0.226 e. The van der Waals surface area contributed by atoms with Crippen molar-refractivity contribution in [3.8, 4) is 17.1 Å². The predicted molar refractivity (Wildman–Crippen MR) is 110 cm³/mol. The maximum absolute atomic E-state index is 5.36. The molecule has 1 fully saturated rings. The summed E-state index contributed by atoms with van der Waals surface area (Å²) in [5.41, 5.74) is 1.93. The van der Waals surface area contributed by atoms with E-state index in [1.54, 1.807) is 24.2 Å². The zero-order chi connectivity index (χ0) is 19.5. The average Bonchev–Trinajstić information content (AvgIpc) is 3.36. The Bertz CT molecular complexity index is 1080. The fourth-order valence-corrected chi connectivity index (χ4v) is 3.85. The van der Waals surface area contributed by atoms with Crippen molar-refractivity contribution < 1.29 is 4.52 Å². The summed E-state index contributed by atoms with van der Waals surface area (Å²) in [4.78, 5) is 13.3. The quantitative estimate of drug-likeness (QED) is 0.319. The van der Waals surface area contributed by atoms with E-state index in [1.165, 1.54) is 12.8 Å². The summed E-state index contributed by atoms with van der Waals surface area (Å²) in [6.45, 7) is 0. The molecule has 5 rings (SSSR count). The first-order chi connectivity index (χ1) is 14.4.